The van der Waals surface area contributed by atoms with Gasteiger partial charge in [0.1, 0.15) is 6.07 Å². The lowest BCUT2D eigenvalue weighted by atomic mass is 10.0. The molecule has 4 heteroatoms. The molecule has 1 saturated heterocycles. The minimum Gasteiger partial charge on any atom is -0.380 e. The third-order valence-corrected chi connectivity index (χ3v) is 3.70. The summed E-state index contributed by atoms with van der Waals surface area (Å²) in [5.74, 6) is 0.440. The number of halogens is 1. The second-order valence-corrected chi connectivity index (χ2v) is 4.81. The Morgan fingerprint density at radius 3 is 3.06 bits per heavy atom. The van der Waals surface area contributed by atoms with E-state index in [0.717, 1.165) is 37.2 Å². The maximum Gasteiger partial charge on any atom is 0.101 e. The molecule has 1 heterocycles. The van der Waals surface area contributed by atoms with Crippen LogP contribution >= 0.6 is 11.6 Å². The topological polar surface area (TPSA) is 36.3 Å². The van der Waals surface area contributed by atoms with Crippen molar-refractivity contribution in [3.8, 4) is 6.07 Å². The van der Waals surface area contributed by atoms with E-state index in [1.54, 1.807) is 7.11 Å². The molecule has 1 aliphatic rings. The Balaban J connectivity index is 2.24. The van der Waals surface area contributed by atoms with Crippen LogP contribution in [0.4, 0.5) is 5.69 Å². The lowest BCUT2D eigenvalue weighted by Crippen LogP contribution is -2.39. The summed E-state index contributed by atoms with van der Waals surface area (Å²) >= 11 is 5.80. The van der Waals surface area contributed by atoms with E-state index < -0.39 is 0 Å². The molecule has 96 valence electrons. The van der Waals surface area contributed by atoms with Gasteiger partial charge < -0.3 is 9.64 Å². The first-order chi connectivity index (χ1) is 8.78. The van der Waals surface area contributed by atoms with Crippen molar-refractivity contribution in [2.45, 2.75) is 24.8 Å². The fraction of sp³-hybridized carbons (Fsp3) is 0.500. The van der Waals surface area contributed by atoms with Crippen molar-refractivity contribution in [1.29, 1.82) is 5.26 Å². The summed E-state index contributed by atoms with van der Waals surface area (Å²) in [4.78, 5) is 2.23. The van der Waals surface area contributed by atoms with Crippen molar-refractivity contribution in [2.75, 3.05) is 25.1 Å². The van der Waals surface area contributed by atoms with Gasteiger partial charge in [-0.1, -0.05) is 6.07 Å². The van der Waals surface area contributed by atoms with E-state index in [1.807, 2.05) is 18.2 Å². The van der Waals surface area contributed by atoms with Crippen molar-refractivity contribution < 1.29 is 4.74 Å². The first kappa shape index (κ1) is 13.2. The van der Waals surface area contributed by atoms with E-state index in [1.165, 1.54) is 0 Å². The van der Waals surface area contributed by atoms with Gasteiger partial charge in [0, 0.05) is 26.1 Å². The standard InChI is InChI=1S/C14H17ClN2O/c1-18-13-3-2-6-17(10-13)14-5-4-11(8-15)7-12(14)9-16/h4-5,7,13H,2-3,6,8,10H2,1H3. The average Bonchev–Trinajstić information content (AvgIpc) is 2.46. The Kier molecular flexibility index (Phi) is 4.46. The largest absolute Gasteiger partial charge is 0.380 e. The number of ether oxygens (including phenoxy) is 1. The predicted octanol–water partition coefficient (Wildman–Crippen LogP) is 2.91. The number of anilines is 1. The molecule has 1 fully saturated rings. The number of rotatable bonds is 3. The molecule has 0 amide bonds. The molecule has 1 unspecified atom stereocenters. The van der Waals surface area contributed by atoms with Crippen LogP contribution in [-0.2, 0) is 10.6 Å². The molecule has 1 aliphatic heterocycles. The molecule has 1 aromatic carbocycles. The zero-order valence-electron chi connectivity index (χ0n) is 10.5. The number of nitrogens with zero attached hydrogens (tertiary/aromatic N) is 2. The van der Waals surface area contributed by atoms with Crippen LogP contribution in [0.3, 0.4) is 0 Å². The third kappa shape index (κ3) is 2.77. The molecule has 18 heavy (non-hydrogen) atoms. The van der Waals surface area contributed by atoms with Crippen LogP contribution in [0, 0.1) is 11.3 Å². The van der Waals surface area contributed by atoms with Crippen molar-refractivity contribution >= 4 is 17.3 Å². The number of hydrogen-bond donors (Lipinski definition) is 0. The maximum atomic E-state index is 9.24. The average molecular weight is 265 g/mol. The van der Waals surface area contributed by atoms with Gasteiger partial charge in [-0.2, -0.15) is 5.26 Å². The van der Waals surface area contributed by atoms with Crippen LogP contribution in [0.2, 0.25) is 0 Å². The molecular formula is C14H17ClN2O. The summed E-state index contributed by atoms with van der Waals surface area (Å²) in [6.45, 7) is 1.83. The molecule has 0 N–H and O–H groups in total. The van der Waals surface area contributed by atoms with Crippen molar-refractivity contribution in [2.24, 2.45) is 0 Å². The minimum atomic E-state index is 0.262. The van der Waals surface area contributed by atoms with Gasteiger partial charge in [0.2, 0.25) is 0 Å². The molecule has 1 atom stereocenters. The van der Waals surface area contributed by atoms with E-state index >= 15 is 0 Å². The van der Waals surface area contributed by atoms with Gasteiger partial charge >= 0.3 is 0 Å². The van der Waals surface area contributed by atoms with Crippen molar-refractivity contribution in [3.05, 3.63) is 29.3 Å². The van der Waals surface area contributed by atoms with E-state index in [9.17, 15) is 5.26 Å². The Morgan fingerprint density at radius 2 is 2.39 bits per heavy atom. The maximum absolute atomic E-state index is 9.24. The number of alkyl halides is 1. The Morgan fingerprint density at radius 1 is 1.56 bits per heavy atom. The third-order valence-electron chi connectivity index (χ3n) is 3.39. The molecule has 0 radical (unpaired) electrons. The predicted molar refractivity (Wildman–Crippen MR) is 73.0 cm³/mol. The molecule has 2 rings (SSSR count). The van der Waals surface area contributed by atoms with Crippen molar-refractivity contribution in [1.82, 2.24) is 0 Å². The van der Waals surface area contributed by atoms with Gasteiger partial charge in [-0.05, 0) is 30.5 Å². The van der Waals surface area contributed by atoms with E-state index in [4.69, 9.17) is 16.3 Å². The van der Waals surface area contributed by atoms with Crippen molar-refractivity contribution in [3.63, 3.8) is 0 Å². The summed E-state index contributed by atoms with van der Waals surface area (Å²) in [6, 6.07) is 8.11. The second-order valence-electron chi connectivity index (χ2n) is 4.54. The first-order valence-electron chi connectivity index (χ1n) is 6.15. The molecule has 0 aliphatic carbocycles. The summed E-state index contributed by atoms with van der Waals surface area (Å²) in [5, 5.41) is 9.24. The molecule has 1 aromatic rings. The highest BCUT2D eigenvalue weighted by Crippen LogP contribution is 2.26. The SMILES string of the molecule is COC1CCCN(c2ccc(CCl)cc2C#N)C1. The van der Waals surface area contributed by atoms with Gasteiger partial charge in [-0.3, -0.25) is 0 Å². The Labute approximate surface area is 113 Å². The minimum absolute atomic E-state index is 0.262. The van der Waals surface area contributed by atoms with Gasteiger partial charge in [0.05, 0.1) is 17.4 Å². The normalized spacial score (nSPS) is 19.6. The van der Waals surface area contributed by atoms with Crippen LogP contribution in [-0.4, -0.2) is 26.3 Å². The monoisotopic (exact) mass is 264 g/mol. The van der Waals surface area contributed by atoms with E-state index in [2.05, 4.69) is 11.0 Å². The molecule has 0 saturated carbocycles. The van der Waals surface area contributed by atoms with E-state index in [0.29, 0.717) is 11.4 Å². The molecule has 3 nitrogen and oxygen atoms in total. The number of benzene rings is 1. The summed E-state index contributed by atoms with van der Waals surface area (Å²) in [5.41, 5.74) is 2.68. The quantitative estimate of drug-likeness (QED) is 0.788. The lowest BCUT2D eigenvalue weighted by molar-refractivity contribution is 0.0893. The highest BCUT2D eigenvalue weighted by atomic mass is 35.5. The molecule has 0 aromatic heterocycles. The number of hydrogen-bond acceptors (Lipinski definition) is 3. The van der Waals surface area contributed by atoms with Crippen LogP contribution in [0.5, 0.6) is 0 Å². The van der Waals surface area contributed by atoms with Gasteiger partial charge in [0.15, 0.2) is 0 Å². The van der Waals surface area contributed by atoms with Crippen LogP contribution < -0.4 is 4.90 Å². The fourth-order valence-corrected chi connectivity index (χ4v) is 2.55. The zero-order chi connectivity index (χ0) is 13.0. The molecular weight excluding hydrogens is 248 g/mol. The van der Waals surface area contributed by atoms with E-state index in [-0.39, 0.29) is 6.10 Å². The zero-order valence-corrected chi connectivity index (χ0v) is 11.3. The van der Waals surface area contributed by atoms with Crippen LogP contribution in [0.25, 0.3) is 0 Å². The summed E-state index contributed by atoms with van der Waals surface area (Å²) in [6.07, 6.45) is 2.45. The van der Waals surface area contributed by atoms with Crippen LogP contribution in [0.1, 0.15) is 24.0 Å². The lowest BCUT2D eigenvalue weighted by Gasteiger charge is -2.34. The smallest absolute Gasteiger partial charge is 0.101 e. The fourth-order valence-electron chi connectivity index (χ4n) is 2.38. The number of nitriles is 1. The summed E-state index contributed by atoms with van der Waals surface area (Å²) in [7, 11) is 1.75. The van der Waals surface area contributed by atoms with Gasteiger partial charge in [0.25, 0.3) is 0 Å². The highest BCUT2D eigenvalue weighted by Gasteiger charge is 2.21. The number of methoxy groups -OCH3 is 1. The molecule has 0 bridgehead atoms. The first-order valence-corrected chi connectivity index (χ1v) is 6.68. The Bertz CT molecular complexity index is 456. The summed E-state index contributed by atoms with van der Waals surface area (Å²) < 4.78 is 5.42. The van der Waals surface area contributed by atoms with Gasteiger partial charge in [-0.15, -0.1) is 11.6 Å². The number of piperidine rings is 1. The second kappa shape index (κ2) is 6.08. The highest BCUT2D eigenvalue weighted by molar-refractivity contribution is 6.17. The Hall–Kier alpha value is -1.24. The molecule has 0 spiro atoms. The van der Waals surface area contributed by atoms with Crippen LogP contribution in [0.15, 0.2) is 18.2 Å². The van der Waals surface area contributed by atoms with Gasteiger partial charge in [-0.25, -0.2) is 0 Å².